The monoisotopic (exact) mass is 334 g/mol. The summed E-state index contributed by atoms with van der Waals surface area (Å²) in [6.45, 7) is 0. The molecule has 22 heavy (non-hydrogen) atoms. The number of carbonyl (C=O) groups excluding carboxylic acids is 1. The predicted molar refractivity (Wildman–Crippen MR) is 73.9 cm³/mol. The molecule has 5 nitrogen and oxygen atoms in total. The Morgan fingerprint density at radius 2 is 1.91 bits per heavy atom. The molecule has 9 heteroatoms. The van der Waals surface area contributed by atoms with Gasteiger partial charge < -0.3 is 0 Å². The second kappa shape index (κ2) is 6.07. The highest BCUT2D eigenvalue weighted by Crippen LogP contribution is 2.28. The number of halogens is 3. The molecule has 1 aromatic carbocycles. The van der Waals surface area contributed by atoms with Crippen molar-refractivity contribution in [3.8, 4) is 0 Å². The summed E-state index contributed by atoms with van der Waals surface area (Å²) in [6, 6.07) is 4.26. The minimum Gasteiger partial charge on any atom is -0.273 e. The zero-order chi connectivity index (χ0) is 16.4. The number of sulfone groups is 1. The van der Waals surface area contributed by atoms with Crippen LogP contribution >= 0.6 is 0 Å². The molecule has 1 aliphatic rings. The fourth-order valence-electron chi connectivity index (χ4n) is 2.02. The van der Waals surface area contributed by atoms with Gasteiger partial charge in [-0.15, -0.1) is 0 Å². The molecule has 1 saturated heterocycles. The molecule has 0 saturated carbocycles. The summed E-state index contributed by atoms with van der Waals surface area (Å²) in [6.07, 6.45) is -2.96. The topological polar surface area (TPSA) is 75.6 Å². The number of alkyl halides is 3. The van der Waals surface area contributed by atoms with Gasteiger partial charge in [-0.05, 0) is 24.1 Å². The van der Waals surface area contributed by atoms with Crippen LogP contribution in [0.2, 0.25) is 0 Å². The number of rotatable bonds is 3. The zero-order valence-corrected chi connectivity index (χ0v) is 12.1. The Balaban J connectivity index is 1.91. The second-order valence-electron chi connectivity index (χ2n) is 4.95. The molecule has 1 fully saturated rings. The van der Waals surface area contributed by atoms with Crippen LogP contribution in [0, 0.1) is 5.92 Å². The molecule has 0 bridgehead atoms. The molecule has 0 radical (unpaired) electrons. The molecule has 1 atom stereocenters. The lowest BCUT2D eigenvalue weighted by Crippen LogP contribution is -2.27. The Hall–Kier alpha value is -1.90. The van der Waals surface area contributed by atoms with E-state index in [0.29, 0.717) is 5.56 Å². The van der Waals surface area contributed by atoms with Crippen LogP contribution in [-0.2, 0) is 20.8 Å². The predicted octanol–water partition coefficient (Wildman–Crippen LogP) is 1.59. The van der Waals surface area contributed by atoms with E-state index in [4.69, 9.17) is 0 Å². The first-order chi connectivity index (χ1) is 10.2. The van der Waals surface area contributed by atoms with Crippen LogP contribution in [0.3, 0.4) is 0 Å². The molecule has 120 valence electrons. The third-order valence-electron chi connectivity index (χ3n) is 3.23. The first-order valence-electron chi connectivity index (χ1n) is 6.38. The van der Waals surface area contributed by atoms with Gasteiger partial charge in [0.15, 0.2) is 9.84 Å². The largest absolute Gasteiger partial charge is 0.416 e. The van der Waals surface area contributed by atoms with E-state index in [2.05, 4.69) is 10.5 Å². The number of hydrogen-bond acceptors (Lipinski definition) is 4. The molecule has 2 rings (SSSR count). The molecule has 1 aromatic rings. The van der Waals surface area contributed by atoms with E-state index in [1.807, 2.05) is 0 Å². The highest BCUT2D eigenvalue weighted by Gasteiger charge is 2.33. The van der Waals surface area contributed by atoms with Crippen molar-refractivity contribution in [3.63, 3.8) is 0 Å². The van der Waals surface area contributed by atoms with Gasteiger partial charge in [0.1, 0.15) is 0 Å². The minimum atomic E-state index is -4.40. The normalized spacial score (nSPS) is 21.1. The van der Waals surface area contributed by atoms with E-state index in [9.17, 15) is 26.4 Å². The Labute approximate surface area is 125 Å². The fourth-order valence-corrected chi connectivity index (χ4v) is 3.76. The average Bonchev–Trinajstić information content (AvgIpc) is 2.79. The van der Waals surface area contributed by atoms with Crippen LogP contribution < -0.4 is 5.43 Å². The van der Waals surface area contributed by atoms with E-state index < -0.39 is 33.4 Å². The highest BCUT2D eigenvalue weighted by atomic mass is 32.2. The summed E-state index contributed by atoms with van der Waals surface area (Å²) >= 11 is 0. The summed E-state index contributed by atoms with van der Waals surface area (Å²) in [5, 5.41) is 3.63. The van der Waals surface area contributed by atoms with Gasteiger partial charge in [-0.2, -0.15) is 18.3 Å². The van der Waals surface area contributed by atoms with Gasteiger partial charge in [-0.3, -0.25) is 4.79 Å². The second-order valence-corrected chi connectivity index (χ2v) is 7.18. The summed E-state index contributed by atoms with van der Waals surface area (Å²) < 4.78 is 59.6. The molecule has 0 aromatic heterocycles. The van der Waals surface area contributed by atoms with Gasteiger partial charge >= 0.3 is 6.18 Å². The quantitative estimate of drug-likeness (QED) is 0.674. The van der Waals surface area contributed by atoms with Crippen LogP contribution in [0.5, 0.6) is 0 Å². The van der Waals surface area contributed by atoms with E-state index in [1.165, 1.54) is 18.3 Å². The van der Waals surface area contributed by atoms with Gasteiger partial charge in [0.25, 0.3) is 0 Å². The molecular formula is C13H13F3N2O3S. The highest BCUT2D eigenvalue weighted by molar-refractivity contribution is 7.91. The molecule has 0 aliphatic carbocycles. The lowest BCUT2D eigenvalue weighted by Gasteiger charge is -2.06. The van der Waals surface area contributed by atoms with E-state index in [1.54, 1.807) is 0 Å². The molecule has 0 spiro atoms. The third kappa shape index (κ3) is 4.30. The van der Waals surface area contributed by atoms with Crippen molar-refractivity contribution in [2.45, 2.75) is 12.6 Å². The van der Waals surface area contributed by atoms with E-state index in [-0.39, 0.29) is 17.9 Å². The van der Waals surface area contributed by atoms with Crippen LogP contribution in [0.15, 0.2) is 29.4 Å². The van der Waals surface area contributed by atoms with Crippen molar-refractivity contribution in [1.29, 1.82) is 0 Å². The van der Waals surface area contributed by atoms with Crippen LogP contribution in [0.1, 0.15) is 17.5 Å². The Bertz CT molecular complexity index is 681. The van der Waals surface area contributed by atoms with Gasteiger partial charge in [0.05, 0.1) is 29.2 Å². The van der Waals surface area contributed by atoms with Crippen molar-refractivity contribution >= 4 is 22.0 Å². The number of hydrazone groups is 1. The van der Waals surface area contributed by atoms with Crippen molar-refractivity contribution in [2.75, 3.05) is 11.5 Å². The Kier molecular flexibility index (Phi) is 4.55. The number of hydrogen-bond donors (Lipinski definition) is 1. The Morgan fingerprint density at radius 3 is 2.41 bits per heavy atom. The van der Waals surface area contributed by atoms with Crippen molar-refractivity contribution < 1.29 is 26.4 Å². The van der Waals surface area contributed by atoms with E-state index >= 15 is 0 Å². The molecule has 1 aliphatic heterocycles. The molecule has 1 amide bonds. The molecular weight excluding hydrogens is 321 g/mol. The van der Waals surface area contributed by atoms with Crippen LogP contribution in [0.4, 0.5) is 13.2 Å². The minimum absolute atomic E-state index is 0.0201. The maximum atomic E-state index is 12.4. The number of nitrogens with zero attached hydrogens (tertiary/aromatic N) is 1. The summed E-state index contributed by atoms with van der Waals surface area (Å²) in [5.41, 5.74) is 1.81. The lowest BCUT2D eigenvalue weighted by atomic mass is 10.1. The maximum Gasteiger partial charge on any atom is 0.416 e. The molecule has 1 N–H and O–H groups in total. The molecule has 0 unspecified atom stereocenters. The van der Waals surface area contributed by atoms with Gasteiger partial charge in [-0.25, -0.2) is 13.8 Å². The first kappa shape index (κ1) is 16.5. The average molecular weight is 334 g/mol. The lowest BCUT2D eigenvalue weighted by molar-refractivity contribution is -0.137. The SMILES string of the molecule is O=C(N/N=C\c1ccc(C(F)(F)F)cc1)[C@H]1CCS(=O)(=O)C1. The number of carbonyl (C=O) groups is 1. The van der Waals surface area contributed by atoms with Crippen LogP contribution in [0.25, 0.3) is 0 Å². The smallest absolute Gasteiger partial charge is 0.273 e. The zero-order valence-electron chi connectivity index (χ0n) is 11.3. The van der Waals surface area contributed by atoms with Gasteiger partial charge in [0.2, 0.25) is 5.91 Å². The van der Waals surface area contributed by atoms with Crippen molar-refractivity contribution in [2.24, 2.45) is 11.0 Å². The standard InChI is InChI=1S/C13H13F3N2O3S/c14-13(15,16)11-3-1-9(2-4-11)7-17-18-12(19)10-5-6-22(20,21)8-10/h1-4,7,10H,5-6,8H2,(H,18,19)/b17-7-/t10-/m0/s1. The number of benzene rings is 1. The van der Waals surface area contributed by atoms with Crippen molar-refractivity contribution in [1.82, 2.24) is 5.43 Å². The van der Waals surface area contributed by atoms with Crippen LogP contribution in [-0.4, -0.2) is 32.0 Å². The first-order valence-corrected chi connectivity index (χ1v) is 8.20. The summed E-state index contributed by atoms with van der Waals surface area (Å²) in [7, 11) is -3.16. The fraction of sp³-hybridized carbons (Fsp3) is 0.385. The van der Waals surface area contributed by atoms with Gasteiger partial charge in [-0.1, -0.05) is 12.1 Å². The summed E-state index contributed by atoms with van der Waals surface area (Å²) in [4.78, 5) is 11.7. The number of nitrogens with one attached hydrogen (secondary N) is 1. The third-order valence-corrected chi connectivity index (χ3v) is 5.00. The van der Waals surface area contributed by atoms with E-state index in [0.717, 1.165) is 12.1 Å². The van der Waals surface area contributed by atoms with Gasteiger partial charge in [0, 0.05) is 0 Å². The Morgan fingerprint density at radius 1 is 1.27 bits per heavy atom. The summed E-state index contributed by atoms with van der Waals surface area (Å²) in [5.74, 6) is -1.36. The molecule has 1 heterocycles. The maximum absolute atomic E-state index is 12.4. The van der Waals surface area contributed by atoms with Crippen molar-refractivity contribution in [3.05, 3.63) is 35.4 Å². The number of amides is 1.